The Morgan fingerprint density at radius 1 is 1.56 bits per heavy atom. The smallest absolute Gasteiger partial charge is 0.0716 e. The summed E-state index contributed by atoms with van der Waals surface area (Å²) in [5.41, 5.74) is 0.620. The molecule has 1 saturated carbocycles. The monoisotopic (exact) mass is 283 g/mol. The van der Waals surface area contributed by atoms with Gasteiger partial charge in [-0.3, -0.25) is 4.98 Å². The minimum Gasteiger partial charge on any atom is -0.389 e. The standard InChI is InChI=1S/C13H18BrNO/c1-2-11-4-3-5-13(11,16)7-10-6-12(14)9-15-8-10/h6,8-9,11,16H,2-5,7H2,1H3. The molecule has 0 radical (unpaired) electrons. The zero-order chi connectivity index (χ0) is 11.6. The van der Waals surface area contributed by atoms with Crippen molar-refractivity contribution in [2.45, 2.75) is 44.6 Å². The number of aliphatic hydroxyl groups is 1. The van der Waals surface area contributed by atoms with Gasteiger partial charge in [0.2, 0.25) is 0 Å². The SMILES string of the molecule is CCC1CCCC1(O)Cc1cncc(Br)c1. The molecule has 0 amide bonds. The molecule has 3 heteroatoms. The number of aromatic nitrogens is 1. The van der Waals surface area contributed by atoms with Gasteiger partial charge < -0.3 is 5.11 Å². The van der Waals surface area contributed by atoms with Crippen LogP contribution in [0, 0.1) is 5.92 Å². The lowest BCUT2D eigenvalue weighted by molar-refractivity contribution is 0.00139. The Hall–Kier alpha value is -0.410. The molecular weight excluding hydrogens is 266 g/mol. The average Bonchev–Trinajstić information content (AvgIpc) is 2.59. The van der Waals surface area contributed by atoms with Crippen molar-refractivity contribution in [3.63, 3.8) is 0 Å². The number of pyridine rings is 1. The summed E-state index contributed by atoms with van der Waals surface area (Å²) in [5.74, 6) is 0.450. The van der Waals surface area contributed by atoms with Crippen LogP contribution < -0.4 is 0 Å². The molecule has 0 saturated heterocycles. The summed E-state index contributed by atoms with van der Waals surface area (Å²) < 4.78 is 0.986. The highest BCUT2D eigenvalue weighted by atomic mass is 79.9. The first-order valence-corrected chi connectivity index (χ1v) is 6.75. The van der Waals surface area contributed by atoms with Crippen molar-refractivity contribution in [3.8, 4) is 0 Å². The highest BCUT2D eigenvalue weighted by Crippen LogP contribution is 2.40. The van der Waals surface area contributed by atoms with Crippen molar-refractivity contribution in [2.24, 2.45) is 5.92 Å². The molecule has 0 aromatic carbocycles. The quantitative estimate of drug-likeness (QED) is 0.923. The molecule has 1 fully saturated rings. The summed E-state index contributed by atoms with van der Waals surface area (Å²) in [6, 6.07) is 2.05. The maximum Gasteiger partial charge on any atom is 0.0716 e. The molecule has 1 aliphatic rings. The zero-order valence-electron chi connectivity index (χ0n) is 9.62. The maximum atomic E-state index is 10.7. The Bertz CT molecular complexity index is 369. The van der Waals surface area contributed by atoms with E-state index in [2.05, 4.69) is 33.9 Å². The third-order valence-corrected chi connectivity index (χ3v) is 4.12. The summed E-state index contributed by atoms with van der Waals surface area (Å²) in [5, 5.41) is 10.7. The average molecular weight is 284 g/mol. The topological polar surface area (TPSA) is 33.1 Å². The summed E-state index contributed by atoms with van der Waals surface area (Å²) in [7, 11) is 0. The molecule has 1 aromatic rings. The van der Waals surface area contributed by atoms with Crippen LogP contribution in [0.4, 0.5) is 0 Å². The molecule has 1 aromatic heterocycles. The normalized spacial score (nSPS) is 29.6. The van der Waals surface area contributed by atoms with Gasteiger partial charge in [-0.15, -0.1) is 0 Å². The molecule has 2 atom stereocenters. The number of halogens is 1. The van der Waals surface area contributed by atoms with E-state index in [-0.39, 0.29) is 0 Å². The second kappa shape index (κ2) is 4.84. The summed E-state index contributed by atoms with van der Waals surface area (Å²) in [4.78, 5) is 4.15. The van der Waals surface area contributed by atoms with E-state index in [9.17, 15) is 5.11 Å². The fraction of sp³-hybridized carbons (Fsp3) is 0.615. The minimum absolute atomic E-state index is 0.450. The molecule has 2 rings (SSSR count). The first-order valence-electron chi connectivity index (χ1n) is 5.96. The van der Waals surface area contributed by atoms with Crippen molar-refractivity contribution in [1.82, 2.24) is 4.98 Å². The van der Waals surface area contributed by atoms with Crippen molar-refractivity contribution < 1.29 is 5.11 Å². The van der Waals surface area contributed by atoms with Gasteiger partial charge >= 0.3 is 0 Å². The van der Waals surface area contributed by atoms with Crippen LogP contribution in [0.25, 0.3) is 0 Å². The molecule has 0 spiro atoms. The third kappa shape index (κ3) is 2.46. The number of rotatable bonds is 3. The predicted molar refractivity (Wildman–Crippen MR) is 68.2 cm³/mol. The van der Waals surface area contributed by atoms with Crippen LogP contribution >= 0.6 is 15.9 Å². The van der Waals surface area contributed by atoms with Gasteiger partial charge in [-0.25, -0.2) is 0 Å². The highest BCUT2D eigenvalue weighted by Gasteiger charge is 2.39. The molecule has 2 unspecified atom stereocenters. The van der Waals surface area contributed by atoms with Gasteiger partial charge in [0, 0.05) is 23.3 Å². The van der Waals surface area contributed by atoms with Gasteiger partial charge in [0.05, 0.1) is 5.60 Å². The van der Waals surface area contributed by atoms with Gasteiger partial charge in [-0.1, -0.05) is 19.8 Å². The van der Waals surface area contributed by atoms with Gasteiger partial charge in [-0.05, 0) is 46.3 Å². The second-order valence-electron chi connectivity index (χ2n) is 4.79. The highest BCUT2D eigenvalue weighted by molar-refractivity contribution is 9.10. The molecule has 88 valence electrons. The third-order valence-electron chi connectivity index (χ3n) is 3.69. The van der Waals surface area contributed by atoms with Crippen molar-refractivity contribution in [2.75, 3.05) is 0 Å². The second-order valence-corrected chi connectivity index (χ2v) is 5.70. The molecule has 1 aliphatic carbocycles. The van der Waals surface area contributed by atoms with E-state index in [1.54, 1.807) is 6.20 Å². The zero-order valence-corrected chi connectivity index (χ0v) is 11.2. The molecule has 0 aliphatic heterocycles. The van der Waals surface area contributed by atoms with E-state index in [4.69, 9.17) is 0 Å². The van der Waals surface area contributed by atoms with Crippen LogP contribution in [0.5, 0.6) is 0 Å². The summed E-state index contributed by atoms with van der Waals surface area (Å²) in [6.45, 7) is 2.17. The lowest BCUT2D eigenvalue weighted by Crippen LogP contribution is -2.35. The Labute approximate surface area is 105 Å². The van der Waals surface area contributed by atoms with E-state index in [1.807, 2.05) is 6.20 Å². The molecule has 1 N–H and O–H groups in total. The van der Waals surface area contributed by atoms with Crippen LogP contribution in [-0.4, -0.2) is 15.7 Å². The van der Waals surface area contributed by atoms with Gasteiger partial charge in [0.25, 0.3) is 0 Å². The van der Waals surface area contributed by atoms with Crippen LogP contribution in [0.2, 0.25) is 0 Å². The van der Waals surface area contributed by atoms with Crippen LogP contribution in [-0.2, 0) is 6.42 Å². The number of hydrogen-bond donors (Lipinski definition) is 1. The van der Waals surface area contributed by atoms with Crippen LogP contribution in [0.15, 0.2) is 22.9 Å². The number of nitrogens with zero attached hydrogens (tertiary/aromatic N) is 1. The van der Waals surface area contributed by atoms with Crippen molar-refractivity contribution in [3.05, 3.63) is 28.5 Å². The Morgan fingerprint density at radius 3 is 3.06 bits per heavy atom. The van der Waals surface area contributed by atoms with E-state index < -0.39 is 5.60 Å². The Morgan fingerprint density at radius 2 is 2.38 bits per heavy atom. The minimum atomic E-state index is -0.503. The molecule has 2 nitrogen and oxygen atoms in total. The predicted octanol–water partition coefficient (Wildman–Crippen LogP) is 3.33. The fourth-order valence-corrected chi connectivity index (χ4v) is 3.26. The molecule has 16 heavy (non-hydrogen) atoms. The lowest BCUT2D eigenvalue weighted by atomic mass is 9.84. The first kappa shape index (κ1) is 12.1. The molecular formula is C13H18BrNO. The maximum absolute atomic E-state index is 10.7. The Balaban J connectivity index is 2.14. The summed E-state index contributed by atoms with van der Waals surface area (Å²) in [6.07, 6.45) is 8.67. The van der Waals surface area contributed by atoms with E-state index in [1.165, 1.54) is 0 Å². The van der Waals surface area contributed by atoms with Crippen molar-refractivity contribution >= 4 is 15.9 Å². The summed E-state index contributed by atoms with van der Waals surface area (Å²) >= 11 is 3.42. The van der Waals surface area contributed by atoms with Gasteiger partial charge in [0.15, 0.2) is 0 Å². The van der Waals surface area contributed by atoms with E-state index >= 15 is 0 Å². The number of hydrogen-bond acceptors (Lipinski definition) is 2. The van der Waals surface area contributed by atoms with Gasteiger partial charge in [0.1, 0.15) is 0 Å². The van der Waals surface area contributed by atoms with Gasteiger partial charge in [-0.2, -0.15) is 0 Å². The fourth-order valence-electron chi connectivity index (χ4n) is 2.85. The van der Waals surface area contributed by atoms with Crippen LogP contribution in [0.1, 0.15) is 38.2 Å². The largest absolute Gasteiger partial charge is 0.389 e. The lowest BCUT2D eigenvalue weighted by Gasteiger charge is -2.29. The Kier molecular flexibility index (Phi) is 3.65. The van der Waals surface area contributed by atoms with E-state index in [0.717, 1.165) is 42.1 Å². The van der Waals surface area contributed by atoms with E-state index in [0.29, 0.717) is 5.92 Å². The molecule has 0 bridgehead atoms. The molecule has 1 heterocycles. The van der Waals surface area contributed by atoms with Crippen molar-refractivity contribution in [1.29, 1.82) is 0 Å². The first-order chi connectivity index (χ1) is 7.64. The van der Waals surface area contributed by atoms with Crippen LogP contribution in [0.3, 0.4) is 0 Å².